The summed E-state index contributed by atoms with van der Waals surface area (Å²) < 4.78 is 5.31. The summed E-state index contributed by atoms with van der Waals surface area (Å²) in [4.78, 5) is 13.0. The first-order valence-electron chi connectivity index (χ1n) is 6.55. The first kappa shape index (κ1) is 15.3. The number of hydrogen-bond donors (Lipinski definition) is 2. The number of rotatable bonds is 8. The van der Waals surface area contributed by atoms with Crippen LogP contribution >= 0.6 is 0 Å². The largest absolute Gasteiger partial charge is 0.478 e. The Labute approximate surface area is 114 Å². The number of anilines is 2. The summed E-state index contributed by atoms with van der Waals surface area (Å²) in [6, 6.07) is 4.85. The second kappa shape index (κ2) is 7.63. The molecule has 3 N–H and O–H groups in total. The second-order valence-corrected chi connectivity index (χ2v) is 4.21. The van der Waals surface area contributed by atoms with Gasteiger partial charge < -0.3 is 20.5 Å². The summed E-state index contributed by atoms with van der Waals surface area (Å²) in [6.45, 7) is 7.13. The molecule has 0 amide bonds. The molecule has 0 atom stereocenters. The van der Waals surface area contributed by atoms with E-state index in [1.165, 1.54) is 6.07 Å². The van der Waals surface area contributed by atoms with Crippen molar-refractivity contribution >= 4 is 17.3 Å². The van der Waals surface area contributed by atoms with E-state index in [0.717, 1.165) is 38.4 Å². The van der Waals surface area contributed by atoms with Gasteiger partial charge in [-0.2, -0.15) is 0 Å². The van der Waals surface area contributed by atoms with Crippen LogP contribution in [0.5, 0.6) is 0 Å². The molecule has 0 bridgehead atoms. The van der Waals surface area contributed by atoms with E-state index in [-0.39, 0.29) is 5.56 Å². The minimum Gasteiger partial charge on any atom is -0.478 e. The van der Waals surface area contributed by atoms with Crippen molar-refractivity contribution in [3.63, 3.8) is 0 Å². The summed E-state index contributed by atoms with van der Waals surface area (Å²) in [5, 5.41) is 8.91. The maximum Gasteiger partial charge on any atom is 0.335 e. The van der Waals surface area contributed by atoms with Gasteiger partial charge in [0.15, 0.2) is 0 Å². The van der Waals surface area contributed by atoms with Gasteiger partial charge >= 0.3 is 5.97 Å². The minimum atomic E-state index is -0.961. The van der Waals surface area contributed by atoms with Gasteiger partial charge in [-0.15, -0.1) is 0 Å². The van der Waals surface area contributed by atoms with Crippen molar-refractivity contribution in [3.05, 3.63) is 23.8 Å². The Morgan fingerprint density at radius 3 is 2.68 bits per heavy atom. The predicted molar refractivity (Wildman–Crippen MR) is 76.8 cm³/mol. The average molecular weight is 266 g/mol. The number of carboxylic acids is 1. The lowest BCUT2D eigenvalue weighted by atomic mass is 10.1. The van der Waals surface area contributed by atoms with Crippen molar-refractivity contribution in [1.29, 1.82) is 0 Å². The van der Waals surface area contributed by atoms with E-state index in [1.807, 2.05) is 13.8 Å². The van der Waals surface area contributed by atoms with E-state index < -0.39 is 5.97 Å². The van der Waals surface area contributed by atoms with Crippen LogP contribution in [0, 0.1) is 0 Å². The summed E-state index contributed by atoms with van der Waals surface area (Å²) >= 11 is 0. The molecule has 5 nitrogen and oxygen atoms in total. The molecule has 0 spiro atoms. The van der Waals surface area contributed by atoms with Gasteiger partial charge in [-0.3, -0.25) is 0 Å². The van der Waals surface area contributed by atoms with E-state index in [9.17, 15) is 4.79 Å². The highest BCUT2D eigenvalue weighted by molar-refractivity contribution is 5.90. The van der Waals surface area contributed by atoms with Crippen molar-refractivity contribution in [2.45, 2.75) is 20.3 Å². The second-order valence-electron chi connectivity index (χ2n) is 4.21. The maximum absolute atomic E-state index is 10.9. The fraction of sp³-hybridized carbons (Fsp3) is 0.500. The van der Waals surface area contributed by atoms with E-state index in [4.69, 9.17) is 15.6 Å². The van der Waals surface area contributed by atoms with Crippen LogP contribution in [-0.2, 0) is 4.74 Å². The van der Waals surface area contributed by atoms with E-state index in [0.29, 0.717) is 5.69 Å². The van der Waals surface area contributed by atoms with Gasteiger partial charge in [0.25, 0.3) is 0 Å². The Morgan fingerprint density at radius 2 is 2.16 bits per heavy atom. The SMILES string of the molecule is CCOCCCN(CC)c1ccc(C(=O)O)cc1N. The van der Waals surface area contributed by atoms with Crippen molar-refractivity contribution < 1.29 is 14.6 Å². The number of hydrogen-bond acceptors (Lipinski definition) is 4. The minimum absolute atomic E-state index is 0.214. The van der Waals surface area contributed by atoms with E-state index >= 15 is 0 Å². The molecule has 1 aromatic carbocycles. The normalized spacial score (nSPS) is 10.4. The first-order chi connectivity index (χ1) is 9.10. The summed E-state index contributed by atoms with van der Waals surface area (Å²) in [7, 11) is 0. The van der Waals surface area contributed by atoms with Crippen LogP contribution in [0.2, 0.25) is 0 Å². The van der Waals surface area contributed by atoms with Gasteiger partial charge in [-0.25, -0.2) is 4.79 Å². The molecule has 0 saturated carbocycles. The Morgan fingerprint density at radius 1 is 1.42 bits per heavy atom. The topological polar surface area (TPSA) is 75.8 Å². The fourth-order valence-electron chi connectivity index (χ4n) is 1.93. The highest BCUT2D eigenvalue weighted by atomic mass is 16.5. The molecule has 0 aliphatic carbocycles. The lowest BCUT2D eigenvalue weighted by Gasteiger charge is -2.24. The summed E-state index contributed by atoms with van der Waals surface area (Å²) in [6.07, 6.45) is 0.918. The Kier molecular flexibility index (Phi) is 6.15. The number of nitrogen functional groups attached to an aromatic ring is 1. The van der Waals surface area contributed by atoms with E-state index in [1.54, 1.807) is 12.1 Å². The van der Waals surface area contributed by atoms with Gasteiger partial charge in [-0.1, -0.05) is 0 Å². The summed E-state index contributed by atoms with van der Waals surface area (Å²) in [5.74, 6) is -0.961. The average Bonchev–Trinajstić information content (AvgIpc) is 2.39. The Hall–Kier alpha value is -1.75. The van der Waals surface area contributed by atoms with Crippen LogP contribution in [0.25, 0.3) is 0 Å². The van der Waals surface area contributed by atoms with Gasteiger partial charge in [-0.05, 0) is 38.5 Å². The van der Waals surface area contributed by atoms with Crippen molar-refractivity contribution in [2.24, 2.45) is 0 Å². The monoisotopic (exact) mass is 266 g/mol. The highest BCUT2D eigenvalue weighted by Crippen LogP contribution is 2.24. The third-order valence-corrected chi connectivity index (χ3v) is 2.92. The number of carbonyl (C=O) groups is 1. The maximum atomic E-state index is 10.9. The molecule has 0 aromatic heterocycles. The molecule has 19 heavy (non-hydrogen) atoms. The molecule has 1 rings (SSSR count). The highest BCUT2D eigenvalue weighted by Gasteiger charge is 2.11. The number of nitrogens with zero attached hydrogens (tertiary/aromatic N) is 1. The molecule has 0 saturated heterocycles. The van der Waals surface area contributed by atoms with Crippen molar-refractivity contribution in [3.8, 4) is 0 Å². The van der Waals surface area contributed by atoms with Crippen LogP contribution in [0.4, 0.5) is 11.4 Å². The molecular weight excluding hydrogens is 244 g/mol. The molecule has 0 aliphatic heterocycles. The number of benzene rings is 1. The molecule has 1 aromatic rings. The Bertz CT molecular complexity index is 421. The number of ether oxygens (including phenoxy) is 1. The number of nitrogens with two attached hydrogens (primary N) is 1. The van der Waals surface area contributed by atoms with Crippen molar-refractivity contribution in [2.75, 3.05) is 36.9 Å². The van der Waals surface area contributed by atoms with Gasteiger partial charge in [0.2, 0.25) is 0 Å². The molecule has 5 heteroatoms. The van der Waals surface area contributed by atoms with Crippen LogP contribution in [-0.4, -0.2) is 37.4 Å². The third-order valence-electron chi connectivity index (χ3n) is 2.92. The van der Waals surface area contributed by atoms with Gasteiger partial charge in [0.1, 0.15) is 0 Å². The standard InChI is InChI=1S/C14H22N2O3/c1-3-16(8-5-9-19-4-2)13-7-6-11(14(17)18)10-12(13)15/h6-7,10H,3-5,8-9,15H2,1-2H3,(H,17,18). The molecule has 0 aliphatic rings. The smallest absolute Gasteiger partial charge is 0.335 e. The fourth-order valence-corrected chi connectivity index (χ4v) is 1.93. The molecule has 0 heterocycles. The quantitative estimate of drug-likeness (QED) is 0.557. The number of carboxylic acid groups (broad SMARTS) is 1. The van der Waals surface area contributed by atoms with Gasteiger partial charge in [0, 0.05) is 26.3 Å². The van der Waals surface area contributed by atoms with Crippen LogP contribution < -0.4 is 10.6 Å². The molecular formula is C14H22N2O3. The number of aromatic carboxylic acids is 1. The van der Waals surface area contributed by atoms with Crippen LogP contribution in [0.15, 0.2) is 18.2 Å². The first-order valence-corrected chi connectivity index (χ1v) is 6.55. The third kappa shape index (κ3) is 4.44. The van der Waals surface area contributed by atoms with Crippen molar-refractivity contribution in [1.82, 2.24) is 0 Å². The van der Waals surface area contributed by atoms with Gasteiger partial charge in [0.05, 0.1) is 16.9 Å². The zero-order valence-electron chi connectivity index (χ0n) is 11.6. The van der Waals surface area contributed by atoms with Crippen LogP contribution in [0.3, 0.4) is 0 Å². The van der Waals surface area contributed by atoms with Crippen LogP contribution in [0.1, 0.15) is 30.6 Å². The van der Waals surface area contributed by atoms with E-state index in [2.05, 4.69) is 4.90 Å². The lowest BCUT2D eigenvalue weighted by Crippen LogP contribution is -2.26. The lowest BCUT2D eigenvalue weighted by molar-refractivity contribution is 0.0697. The zero-order chi connectivity index (χ0) is 14.3. The molecule has 0 fully saturated rings. The Balaban J connectivity index is 2.72. The molecule has 0 unspecified atom stereocenters. The summed E-state index contributed by atoms with van der Waals surface area (Å²) in [5.41, 5.74) is 7.52. The molecule has 106 valence electrons. The predicted octanol–water partition coefficient (Wildman–Crippen LogP) is 2.22. The zero-order valence-corrected chi connectivity index (χ0v) is 11.6. The molecule has 0 radical (unpaired) electrons.